The van der Waals surface area contributed by atoms with Crippen molar-refractivity contribution < 1.29 is 18.7 Å². The number of rotatable bonds is 5. The van der Waals surface area contributed by atoms with Crippen LogP contribution in [0.1, 0.15) is 12.7 Å². The molecule has 6 nitrogen and oxygen atoms in total. The molecule has 1 atom stereocenters. The Hall–Kier alpha value is -2.12. The summed E-state index contributed by atoms with van der Waals surface area (Å²) >= 11 is 3.40. The molecule has 0 saturated carbocycles. The number of ether oxygens (including phenoxy) is 1. The Bertz CT molecular complexity index is 712. The van der Waals surface area contributed by atoms with Crippen LogP contribution in [0, 0.1) is 0 Å². The molecule has 0 unspecified atom stereocenters. The topological polar surface area (TPSA) is 71.8 Å². The van der Waals surface area contributed by atoms with Gasteiger partial charge in [-0.2, -0.15) is 0 Å². The van der Waals surface area contributed by atoms with Gasteiger partial charge < -0.3 is 9.15 Å². The van der Waals surface area contributed by atoms with Gasteiger partial charge in [0.05, 0.1) is 19.7 Å². The lowest BCUT2D eigenvalue weighted by Crippen LogP contribution is -2.45. The predicted molar refractivity (Wildman–Crippen MR) is 93.3 cm³/mol. The van der Waals surface area contributed by atoms with Gasteiger partial charge in [-0.05, 0) is 38.2 Å². The molecule has 7 heteroatoms. The maximum Gasteiger partial charge on any atom is 0.413 e. The van der Waals surface area contributed by atoms with Crippen LogP contribution in [0.15, 0.2) is 45.3 Å². The second-order valence-corrected chi connectivity index (χ2v) is 6.26. The second-order valence-electron chi connectivity index (χ2n) is 5.34. The van der Waals surface area contributed by atoms with E-state index in [1.807, 2.05) is 36.4 Å². The van der Waals surface area contributed by atoms with Crippen molar-refractivity contribution in [2.75, 3.05) is 14.2 Å². The highest BCUT2D eigenvalue weighted by molar-refractivity contribution is 9.10. The molecule has 0 aliphatic carbocycles. The number of carbonyl (C=O) groups excluding carboxylic acids is 2. The molecule has 0 bridgehead atoms. The summed E-state index contributed by atoms with van der Waals surface area (Å²) in [6.07, 6.45) is -0.768. The zero-order valence-corrected chi connectivity index (χ0v) is 15.3. The van der Waals surface area contributed by atoms with Gasteiger partial charge in [0.25, 0.3) is 0 Å². The van der Waals surface area contributed by atoms with Crippen LogP contribution >= 0.6 is 15.9 Å². The Morgan fingerprint density at radius 1 is 1.25 bits per heavy atom. The average molecular weight is 395 g/mol. The normalized spacial score (nSPS) is 12.0. The fraction of sp³-hybridized carbons (Fsp3) is 0.294. The van der Waals surface area contributed by atoms with Crippen LogP contribution in [0.4, 0.5) is 4.79 Å². The zero-order valence-electron chi connectivity index (χ0n) is 13.7. The van der Waals surface area contributed by atoms with Gasteiger partial charge >= 0.3 is 6.09 Å². The van der Waals surface area contributed by atoms with E-state index in [0.717, 1.165) is 21.6 Å². The minimum absolute atomic E-state index is 0.427. The highest BCUT2D eigenvalue weighted by atomic mass is 79.9. The quantitative estimate of drug-likeness (QED) is 0.840. The van der Waals surface area contributed by atoms with Crippen molar-refractivity contribution in [3.63, 3.8) is 0 Å². The molecule has 1 N–H and O–H groups in total. The molecule has 1 aromatic heterocycles. The van der Waals surface area contributed by atoms with Crippen LogP contribution < -0.4 is 5.32 Å². The highest BCUT2D eigenvalue weighted by Crippen LogP contribution is 2.24. The van der Waals surface area contributed by atoms with Crippen LogP contribution in [-0.2, 0) is 16.1 Å². The van der Waals surface area contributed by atoms with E-state index in [2.05, 4.69) is 26.0 Å². The number of likely N-dealkylation sites (N-methyl/N-ethyl adjacent to an activating group) is 1. The third-order valence-corrected chi connectivity index (χ3v) is 4.18. The average Bonchev–Trinajstić information content (AvgIpc) is 3.02. The van der Waals surface area contributed by atoms with E-state index in [1.54, 1.807) is 18.9 Å². The molecule has 1 heterocycles. The van der Waals surface area contributed by atoms with E-state index >= 15 is 0 Å². The van der Waals surface area contributed by atoms with Crippen molar-refractivity contribution in [1.29, 1.82) is 0 Å². The van der Waals surface area contributed by atoms with E-state index in [0.29, 0.717) is 6.54 Å². The first-order chi connectivity index (χ1) is 11.4. The Labute approximate surface area is 148 Å². The number of halogens is 1. The van der Waals surface area contributed by atoms with E-state index in [9.17, 15) is 9.59 Å². The largest absolute Gasteiger partial charge is 0.460 e. The van der Waals surface area contributed by atoms with Gasteiger partial charge in [-0.25, -0.2) is 4.79 Å². The van der Waals surface area contributed by atoms with Gasteiger partial charge in [-0.1, -0.05) is 28.1 Å². The maximum absolute atomic E-state index is 11.9. The van der Waals surface area contributed by atoms with Crippen molar-refractivity contribution >= 4 is 27.9 Å². The second kappa shape index (κ2) is 8.12. The monoisotopic (exact) mass is 394 g/mol. The zero-order chi connectivity index (χ0) is 17.7. The Morgan fingerprint density at radius 2 is 1.92 bits per heavy atom. The van der Waals surface area contributed by atoms with Gasteiger partial charge in [-0.3, -0.25) is 15.0 Å². The van der Waals surface area contributed by atoms with Crippen LogP contribution in [0.2, 0.25) is 0 Å². The Kier molecular flexibility index (Phi) is 6.16. The van der Waals surface area contributed by atoms with Crippen molar-refractivity contribution in [2.24, 2.45) is 0 Å². The summed E-state index contributed by atoms with van der Waals surface area (Å²) < 4.78 is 11.3. The molecule has 128 valence electrons. The molecular weight excluding hydrogens is 376 g/mol. The number of alkyl carbamates (subject to hydrolysis) is 1. The highest BCUT2D eigenvalue weighted by Gasteiger charge is 2.21. The van der Waals surface area contributed by atoms with Crippen LogP contribution in [0.25, 0.3) is 11.3 Å². The summed E-state index contributed by atoms with van der Waals surface area (Å²) in [5.41, 5.74) is 0.976. The summed E-state index contributed by atoms with van der Waals surface area (Å²) in [5.74, 6) is 1.06. The van der Waals surface area contributed by atoms with Crippen molar-refractivity contribution in [1.82, 2.24) is 10.2 Å². The molecule has 0 saturated heterocycles. The minimum atomic E-state index is -0.768. The number of carbonyl (C=O) groups is 2. The van der Waals surface area contributed by atoms with Crippen molar-refractivity contribution in [3.8, 4) is 11.3 Å². The van der Waals surface area contributed by atoms with Crippen LogP contribution in [0.3, 0.4) is 0 Å². The van der Waals surface area contributed by atoms with Crippen molar-refractivity contribution in [3.05, 3.63) is 46.6 Å². The molecule has 0 aliphatic heterocycles. The van der Waals surface area contributed by atoms with E-state index in [-0.39, 0.29) is 0 Å². The molecular formula is C17H19BrN2O4. The van der Waals surface area contributed by atoms with Crippen molar-refractivity contribution in [2.45, 2.75) is 19.5 Å². The summed E-state index contributed by atoms with van der Waals surface area (Å²) in [7, 11) is 2.99. The first-order valence-electron chi connectivity index (χ1n) is 7.34. The number of hydrogen-bond donors (Lipinski definition) is 1. The molecule has 0 aliphatic rings. The summed E-state index contributed by atoms with van der Waals surface area (Å²) in [5, 5.41) is 2.16. The molecule has 2 amide bonds. The third-order valence-electron chi connectivity index (χ3n) is 3.65. The number of furan rings is 1. The molecule has 24 heavy (non-hydrogen) atoms. The summed E-state index contributed by atoms with van der Waals surface area (Å²) in [6, 6.07) is 11.1. The first-order valence-corrected chi connectivity index (χ1v) is 8.13. The van der Waals surface area contributed by atoms with Gasteiger partial charge in [0.1, 0.15) is 11.5 Å². The SMILES string of the molecule is COC(=O)NC(=O)[C@H](C)N(C)Cc1ccc(-c2ccc(Br)cc2)o1. The molecule has 0 radical (unpaired) electrons. The number of benzene rings is 1. The fourth-order valence-electron chi connectivity index (χ4n) is 2.07. The number of hydrogen-bond acceptors (Lipinski definition) is 5. The molecule has 1 aromatic carbocycles. The smallest absolute Gasteiger partial charge is 0.413 e. The van der Waals surface area contributed by atoms with Gasteiger partial charge in [0, 0.05) is 10.0 Å². The lowest BCUT2D eigenvalue weighted by molar-refractivity contribution is -0.124. The third kappa shape index (κ3) is 4.69. The van der Waals surface area contributed by atoms with Gasteiger partial charge in [0.2, 0.25) is 5.91 Å². The predicted octanol–water partition coefficient (Wildman–Crippen LogP) is 3.41. The number of imide groups is 1. The lowest BCUT2D eigenvalue weighted by Gasteiger charge is -2.22. The van der Waals surface area contributed by atoms with E-state index < -0.39 is 18.0 Å². The lowest BCUT2D eigenvalue weighted by atomic mass is 10.2. The van der Waals surface area contributed by atoms with Crippen LogP contribution in [0.5, 0.6) is 0 Å². The first kappa shape index (κ1) is 18.2. The molecule has 0 fully saturated rings. The Balaban J connectivity index is 1.99. The standard InChI is InChI=1S/C17H19BrN2O4/c1-11(16(21)19-17(22)23-3)20(2)10-14-8-9-15(24-14)12-4-6-13(18)7-5-12/h4-9,11H,10H2,1-3H3,(H,19,21,22)/t11-/m0/s1. The van der Waals surface area contributed by atoms with Gasteiger partial charge in [0.15, 0.2) is 0 Å². The molecule has 2 rings (SSSR count). The number of amides is 2. The van der Waals surface area contributed by atoms with E-state index in [1.165, 1.54) is 7.11 Å². The number of nitrogens with zero attached hydrogens (tertiary/aromatic N) is 1. The fourth-order valence-corrected chi connectivity index (χ4v) is 2.34. The van der Waals surface area contributed by atoms with Gasteiger partial charge in [-0.15, -0.1) is 0 Å². The summed E-state index contributed by atoms with van der Waals surface area (Å²) in [6.45, 7) is 2.14. The molecule has 0 spiro atoms. The number of nitrogens with one attached hydrogen (secondary N) is 1. The Morgan fingerprint density at radius 3 is 2.54 bits per heavy atom. The minimum Gasteiger partial charge on any atom is -0.460 e. The summed E-state index contributed by atoms with van der Waals surface area (Å²) in [4.78, 5) is 24.8. The maximum atomic E-state index is 11.9. The number of methoxy groups -OCH3 is 1. The van der Waals surface area contributed by atoms with E-state index in [4.69, 9.17) is 4.42 Å². The molecule has 2 aromatic rings. The van der Waals surface area contributed by atoms with Crippen LogP contribution in [-0.4, -0.2) is 37.1 Å².